The van der Waals surface area contributed by atoms with Crippen molar-refractivity contribution in [1.82, 2.24) is 15.1 Å². The molecule has 7 nitrogen and oxygen atoms in total. The maximum atomic E-state index is 14.9. The van der Waals surface area contributed by atoms with E-state index in [1.165, 1.54) is 11.6 Å². The number of amides is 4. The van der Waals surface area contributed by atoms with Gasteiger partial charge in [0.05, 0.1) is 5.57 Å². The number of benzene rings is 2. The lowest BCUT2D eigenvalue weighted by molar-refractivity contribution is -0.155. The van der Waals surface area contributed by atoms with Gasteiger partial charge in [0.2, 0.25) is 5.91 Å². The third-order valence-corrected chi connectivity index (χ3v) is 8.20. The van der Waals surface area contributed by atoms with Gasteiger partial charge in [-0.1, -0.05) is 57.5 Å². The number of hydrogen-bond acceptors (Lipinski definition) is 3. The molecule has 0 atom stereocenters. The molecule has 1 fully saturated rings. The minimum absolute atomic E-state index is 0.150. The first-order valence-corrected chi connectivity index (χ1v) is 14.4. The number of anilines is 1. The highest BCUT2D eigenvalue weighted by atomic mass is 19.1. The maximum Gasteiger partial charge on any atom is 0.323 e. The average molecular weight is 577 g/mol. The summed E-state index contributed by atoms with van der Waals surface area (Å²) in [6.45, 7) is 17.7. The third kappa shape index (κ3) is 7.09. The summed E-state index contributed by atoms with van der Waals surface area (Å²) in [7, 11) is 1.73. The van der Waals surface area contributed by atoms with Crippen LogP contribution in [-0.4, -0.2) is 53.3 Å². The number of carbonyl (C=O) groups is 3. The fourth-order valence-electron chi connectivity index (χ4n) is 4.85. The summed E-state index contributed by atoms with van der Waals surface area (Å²) in [5, 5.41) is 5.51. The van der Waals surface area contributed by atoms with Gasteiger partial charge in [-0.25, -0.2) is 9.18 Å². The Labute approximate surface area is 249 Å². The summed E-state index contributed by atoms with van der Waals surface area (Å²) < 4.78 is 14.9. The zero-order valence-electron chi connectivity index (χ0n) is 26.7. The Bertz CT molecular complexity index is 1430. The van der Waals surface area contributed by atoms with Crippen molar-refractivity contribution < 1.29 is 18.8 Å². The SMILES string of the molecule is CCc1ccc(-c2cc(NC(=O)N/C(C)=C(/C=C(\C)C(C)(C)C)C(=O)N3CCN(C)C(=O)C3(C)C)cc(F)c2C)cc1. The van der Waals surface area contributed by atoms with E-state index in [0.29, 0.717) is 29.9 Å². The summed E-state index contributed by atoms with van der Waals surface area (Å²) in [6, 6.07) is 10.3. The summed E-state index contributed by atoms with van der Waals surface area (Å²) >= 11 is 0. The zero-order valence-corrected chi connectivity index (χ0v) is 26.7. The van der Waals surface area contributed by atoms with E-state index in [0.717, 1.165) is 17.6 Å². The van der Waals surface area contributed by atoms with Gasteiger partial charge in [0, 0.05) is 31.5 Å². The summed E-state index contributed by atoms with van der Waals surface area (Å²) in [6.07, 6.45) is 2.68. The highest BCUT2D eigenvalue weighted by molar-refractivity contribution is 6.02. The Morgan fingerprint density at radius 1 is 1.07 bits per heavy atom. The number of aryl methyl sites for hydroxylation is 1. The molecule has 4 amide bonds. The van der Waals surface area contributed by atoms with Gasteiger partial charge < -0.3 is 20.4 Å². The van der Waals surface area contributed by atoms with Crippen molar-refractivity contribution in [2.75, 3.05) is 25.5 Å². The standard InChI is InChI=1S/C34H45FN4O3/c1-11-24-12-14-25(15-13-24)27-19-26(20-29(35)22(27)3)37-32(42)36-23(4)28(18-21(2)33(5,6)7)30(40)39-17-16-38(10)31(41)34(39,8)9/h12-15,18-20H,11,16-17H2,1-10H3,(H2,36,37,42)/b21-18+,28-23-. The van der Waals surface area contributed by atoms with Gasteiger partial charge in [-0.3, -0.25) is 9.59 Å². The van der Waals surface area contributed by atoms with Crippen molar-refractivity contribution in [2.24, 2.45) is 5.41 Å². The minimum atomic E-state index is -1.05. The number of urea groups is 1. The Morgan fingerprint density at radius 2 is 1.69 bits per heavy atom. The van der Waals surface area contributed by atoms with Gasteiger partial charge in [0.25, 0.3) is 5.91 Å². The Balaban J connectivity index is 1.95. The molecule has 2 N–H and O–H groups in total. The van der Waals surface area contributed by atoms with Gasteiger partial charge in [0.15, 0.2) is 0 Å². The topological polar surface area (TPSA) is 81.8 Å². The Hall–Kier alpha value is -3.94. The molecule has 0 spiro atoms. The van der Waals surface area contributed by atoms with E-state index in [-0.39, 0.29) is 28.5 Å². The minimum Gasteiger partial charge on any atom is -0.342 e. The molecule has 3 rings (SSSR count). The fourth-order valence-corrected chi connectivity index (χ4v) is 4.85. The van der Waals surface area contributed by atoms with Crippen LogP contribution in [0.4, 0.5) is 14.9 Å². The van der Waals surface area contributed by atoms with Crippen molar-refractivity contribution in [3.05, 3.63) is 76.3 Å². The quantitative estimate of drug-likeness (QED) is 0.292. The van der Waals surface area contributed by atoms with Crippen LogP contribution in [0, 0.1) is 18.2 Å². The molecule has 226 valence electrons. The number of allylic oxidation sites excluding steroid dienone is 2. The molecule has 0 unspecified atom stereocenters. The highest BCUT2D eigenvalue weighted by Gasteiger charge is 2.43. The number of nitrogens with zero attached hydrogens (tertiary/aromatic N) is 2. The van der Waals surface area contributed by atoms with Crippen molar-refractivity contribution in [3.63, 3.8) is 0 Å². The largest absolute Gasteiger partial charge is 0.342 e. The van der Waals surface area contributed by atoms with Crippen molar-refractivity contribution in [2.45, 2.75) is 74.3 Å². The van der Waals surface area contributed by atoms with E-state index in [2.05, 4.69) is 17.6 Å². The second-order valence-corrected chi connectivity index (χ2v) is 12.6. The molecule has 0 aliphatic carbocycles. The molecule has 0 aromatic heterocycles. The van der Waals surface area contributed by atoms with Crippen molar-refractivity contribution in [3.8, 4) is 11.1 Å². The summed E-state index contributed by atoms with van der Waals surface area (Å²) in [5.74, 6) is -0.930. The Kier molecular flexibility index (Phi) is 9.70. The summed E-state index contributed by atoms with van der Waals surface area (Å²) in [4.78, 5) is 43.2. The first-order chi connectivity index (χ1) is 19.5. The molecule has 1 saturated heterocycles. The van der Waals surface area contributed by atoms with Gasteiger partial charge in [-0.15, -0.1) is 0 Å². The normalized spacial score (nSPS) is 16.3. The molecule has 1 aliphatic heterocycles. The first-order valence-electron chi connectivity index (χ1n) is 14.4. The number of halogens is 1. The lowest BCUT2D eigenvalue weighted by Crippen LogP contribution is -2.63. The number of hydrogen-bond donors (Lipinski definition) is 2. The predicted octanol–water partition coefficient (Wildman–Crippen LogP) is 6.83. The Morgan fingerprint density at radius 3 is 2.26 bits per heavy atom. The smallest absolute Gasteiger partial charge is 0.323 e. The molecular weight excluding hydrogens is 531 g/mol. The van der Waals surface area contributed by atoms with Crippen LogP contribution in [0.2, 0.25) is 0 Å². The lowest BCUT2D eigenvalue weighted by atomic mass is 9.86. The number of nitrogens with one attached hydrogen (secondary N) is 2. The van der Waals surface area contributed by atoms with Crippen LogP contribution in [0.25, 0.3) is 11.1 Å². The van der Waals surface area contributed by atoms with Crippen LogP contribution in [0.1, 0.15) is 66.5 Å². The van der Waals surface area contributed by atoms with Crippen molar-refractivity contribution >= 4 is 23.5 Å². The maximum absolute atomic E-state index is 14.9. The molecule has 8 heteroatoms. The molecule has 0 bridgehead atoms. The van der Waals surface area contributed by atoms with Gasteiger partial charge in [-0.05, 0) is 86.9 Å². The van der Waals surface area contributed by atoms with Crippen LogP contribution in [-0.2, 0) is 16.0 Å². The summed E-state index contributed by atoms with van der Waals surface area (Å²) in [5.41, 5.74) is 3.76. The third-order valence-electron chi connectivity index (χ3n) is 8.20. The molecule has 1 heterocycles. The molecule has 1 aliphatic rings. The lowest BCUT2D eigenvalue weighted by Gasteiger charge is -2.45. The molecule has 42 heavy (non-hydrogen) atoms. The van der Waals surface area contributed by atoms with E-state index in [9.17, 15) is 18.8 Å². The molecule has 2 aromatic carbocycles. The number of piperazine rings is 1. The van der Waals surface area contributed by atoms with Crippen molar-refractivity contribution in [1.29, 1.82) is 0 Å². The van der Waals surface area contributed by atoms with Gasteiger partial charge >= 0.3 is 6.03 Å². The van der Waals surface area contributed by atoms with Gasteiger partial charge in [0.1, 0.15) is 11.4 Å². The zero-order chi connectivity index (χ0) is 31.6. The number of likely N-dealkylation sites (N-methyl/N-ethyl adjacent to an activating group) is 1. The fraction of sp³-hybridized carbons (Fsp3) is 0.441. The molecular formula is C34H45FN4O3. The first kappa shape index (κ1) is 32.6. The van der Waals surface area contributed by atoms with Crippen LogP contribution in [0.15, 0.2) is 59.3 Å². The van der Waals surface area contributed by atoms with E-state index in [1.54, 1.807) is 56.7 Å². The molecule has 0 saturated carbocycles. The van der Waals surface area contributed by atoms with Crippen LogP contribution in [0.3, 0.4) is 0 Å². The molecule has 2 aromatic rings. The monoisotopic (exact) mass is 576 g/mol. The van der Waals surface area contributed by atoms with E-state index >= 15 is 0 Å². The molecule has 0 radical (unpaired) electrons. The van der Waals surface area contributed by atoms with E-state index in [4.69, 9.17) is 0 Å². The highest BCUT2D eigenvalue weighted by Crippen LogP contribution is 2.31. The average Bonchev–Trinajstić information content (AvgIpc) is 2.91. The second kappa shape index (κ2) is 12.5. The van der Waals surface area contributed by atoms with Crippen LogP contribution >= 0.6 is 0 Å². The second-order valence-electron chi connectivity index (χ2n) is 12.6. The van der Waals surface area contributed by atoms with E-state index in [1.807, 2.05) is 52.0 Å². The predicted molar refractivity (Wildman–Crippen MR) is 167 cm³/mol. The van der Waals surface area contributed by atoms with Gasteiger partial charge in [-0.2, -0.15) is 0 Å². The van der Waals surface area contributed by atoms with Crippen LogP contribution < -0.4 is 10.6 Å². The van der Waals surface area contributed by atoms with Crippen LogP contribution in [0.5, 0.6) is 0 Å². The number of carbonyl (C=O) groups excluding carboxylic acids is 3. The van der Waals surface area contributed by atoms with E-state index < -0.39 is 17.4 Å². The number of rotatable bonds is 6.